The quantitative estimate of drug-likeness (QED) is 0.615. The van der Waals surface area contributed by atoms with E-state index in [1.165, 1.54) is 0 Å². The van der Waals surface area contributed by atoms with Gasteiger partial charge in [0.2, 0.25) is 0 Å². The molecule has 0 aromatic carbocycles. The molecule has 0 bridgehead atoms. The first-order valence-electron chi connectivity index (χ1n) is 4.47. The van der Waals surface area contributed by atoms with Gasteiger partial charge < -0.3 is 10.2 Å². The highest BCUT2D eigenvalue weighted by Crippen LogP contribution is 1.90. The summed E-state index contributed by atoms with van der Waals surface area (Å²) in [5.74, 6) is 2.64. The van der Waals surface area contributed by atoms with Crippen molar-refractivity contribution in [1.82, 2.24) is 10.2 Å². The average molecular weight is 168 g/mol. The van der Waals surface area contributed by atoms with E-state index in [0.717, 1.165) is 13.1 Å². The summed E-state index contributed by atoms with van der Waals surface area (Å²) in [6.07, 6.45) is 5.22. The van der Waals surface area contributed by atoms with E-state index in [-0.39, 0.29) is 6.04 Å². The van der Waals surface area contributed by atoms with Gasteiger partial charge in [-0.15, -0.1) is 6.42 Å². The number of rotatable bonds is 5. The van der Waals surface area contributed by atoms with Gasteiger partial charge in [-0.25, -0.2) is 0 Å². The lowest BCUT2D eigenvalue weighted by Crippen LogP contribution is -2.36. The third kappa shape index (κ3) is 5.17. The summed E-state index contributed by atoms with van der Waals surface area (Å²) in [6.45, 7) is 8.37. The molecule has 1 unspecified atom stereocenters. The van der Waals surface area contributed by atoms with Gasteiger partial charge in [-0.3, -0.25) is 0 Å². The Morgan fingerprint density at radius 3 is 2.42 bits per heavy atom. The maximum Gasteiger partial charge on any atom is 0.0658 e. The molecule has 0 heterocycles. The molecule has 0 aromatic heterocycles. The van der Waals surface area contributed by atoms with Crippen LogP contribution < -0.4 is 5.32 Å². The van der Waals surface area contributed by atoms with Crippen LogP contribution in [-0.4, -0.2) is 37.1 Å². The van der Waals surface area contributed by atoms with E-state index >= 15 is 0 Å². The average Bonchev–Trinajstić information content (AvgIpc) is 2.03. The molecule has 70 valence electrons. The number of nitrogens with one attached hydrogen (secondary N) is 1. The summed E-state index contributed by atoms with van der Waals surface area (Å²) in [4.78, 5) is 2.29. The minimum Gasteiger partial charge on any atom is -0.303 e. The van der Waals surface area contributed by atoms with Crippen molar-refractivity contribution in [3.63, 3.8) is 0 Å². The van der Waals surface area contributed by atoms with Gasteiger partial charge >= 0.3 is 0 Å². The predicted molar refractivity (Wildman–Crippen MR) is 54.1 cm³/mol. The molecule has 1 N–H and O–H groups in total. The Kier molecular flexibility index (Phi) is 5.79. The molecule has 1 atom stereocenters. The lowest BCUT2D eigenvalue weighted by Gasteiger charge is -2.21. The minimum absolute atomic E-state index is 0.186. The Labute approximate surface area is 76.3 Å². The summed E-state index contributed by atoms with van der Waals surface area (Å²) in [5, 5.41) is 3.24. The number of hydrogen-bond acceptors (Lipinski definition) is 2. The third-order valence-corrected chi connectivity index (χ3v) is 2.05. The molecular formula is C10H20N2. The highest BCUT2D eigenvalue weighted by molar-refractivity contribution is 4.95. The summed E-state index contributed by atoms with van der Waals surface area (Å²) < 4.78 is 0. The fourth-order valence-corrected chi connectivity index (χ4v) is 0.775. The Balaban J connectivity index is 3.38. The van der Waals surface area contributed by atoms with Gasteiger partial charge in [0.1, 0.15) is 0 Å². The fourth-order valence-electron chi connectivity index (χ4n) is 0.775. The molecule has 0 amide bonds. The van der Waals surface area contributed by atoms with Gasteiger partial charge in [-0.2, -0.15) is 0 Å². The van der Waals surface area contributed by atoms with Gasteiger partial charge in [0.25, 0.3) is 0 Å². The largest absolute Gasteiger partial charge is 0.303 e. The molecule has 0 aliphatic rings. The van der Waals surface area contributed by atoms with E-state index in [1.54, 1.807) is 0 Å². The number of hydrogen-bond donors (Lipinski definition) is 1. The standard InChI is InChI=1S/C10H20N2/c1-6-10(4)11-7-8-12(5)9(2)3/h1,9-11H,7-8H2,2-5H3. The first-order valence-corrected chi connectivity index (χ1v) is 4.47. The zero-order valence-electron chi connectivity index (χ0n) is 8.59. The number of terminal acetylenes is 1. The topological polar surface area (TPSA) is 15.3 Å². The second-order valence-electron chi connectivity index (χ2n) is 3.42. The molecule has 2 heteroatoms. The fraction of sp³-hybridized carbons (Fsp3) is 0.800. The van der Waals surface area contributed by atoms with Crippen molar-refractivity contribution in [3.8, 4) is 12.3 Å². The smallest absolute Gasteiger partial charge is 0.0658 e. The Bertz CT molecular complexity index is 146. The van der Waals surface area contributed by atoms with E-state index < -0.39 is 0 Å². The molecule has 0 radical (unpaired) electrons. The Hall–Kier alpha value is -0.520. The maximum atomic E-state index is 5.22. The molecule has 0 saturated heterocycles. The SMILES string of the molecule is C#CC(C)NCCN(C)C(C)C. The molecular weight excluding hydrogens is 148 g/mol. The highest BCUT2D eigenvalue weighted by atomic mass is 15.1. The van der Waals surface area contributed by atoms with Crippen molar-refractivity contribution in [2.45, 2.75) is 32.9 Å². The zero-order chi connectivity index (χ0) is 9.56. The van der Waals surface area contributed by atoms with E-state index in [9.17, 15) is 0 Å². The Morgan fingerprint density at radius 1 is 1.42 bits per heavy atom. The van der Waals surface area contributed by atoms with Crippen LogP contribution in [0.5, 0.6) is 0 Å². The van der Waals surface area contributed by atoms with Crippen molar-refractivity contribution < 1.29 is 0 Å². The molecule has 0 rings (SSSR count). The van der Waals surface area contributed by atoms with Gasteiger partial charge in [-0.05, 0) is 27.8 Å². The summed E-state index contributed by atoms with van der Waals surface area (Å²) in [5.41, 5.74) is 0. The van der Waals surface area contributed by atoms with Crippen LogP contribution >= 0.6 is 0 Å². The lowest BCUT2D eigenvalue weighted by molar-refractivity contribution is 0.272. The van der Waals surface area contributed by atoms with Gasteiger partial charge in [0.05, 0.1) is 6.04 Å². The Morgan fingerprint density at radius 2 is 2.00 bits per heavy atom. The zero-order valence-corrected chi connectivity index (χ0v) is 8.59. The van der Waals surface area contributed by atoms with E-state index in [1.807, 2.05) is 6.92 Å². The van der Waals surface area contributed by atoms with Crippen LogP contribution in [0.1, 0.15) is 20.8 Å². The lowest BCUT2D eigenvalue weighted by atomic mass is 10.3. The minimum atomic E-state index is 0.186. The third-order valence-electron chi connectivity index (χ3n) is 2.05. The number of likely N-dealkylation sites (N-methyl/N-ethyl adjacent to an activating group) is 1. The highest BCUT2D eigenvalue weighted by Gasteiger charge is 2.02. The monoisotopic (exact) mass is 168 g/mol. The first kappa shape index (κ1) is 11.5. The molecule has 0 saturated carbocycles. The molecule has 0 fully saturated rings. The van der Waals surface area contributed by atoms with E-state index in [4.69, 9.17) is 6.42 Å². The van der Waals surface area contributed by atoms with Crippen LogP contribution in [0.25, 0.3) is 0 Å². The molecule has 0 spiro atoms. The van der Waals surface area contributed by atoms with Crippen molar-refractivity contribution in [1.29, 1.82) is 0 Å². The molecule has 12 heavy (non-hydrogen) atoms. The van der Waals surface area contributed by atoms with E-state index in [2.05, 4.69) is 37.0 Å². The van der Waals surface area contributed by atoms with Gasteiger partial charge in [-0.1, -0.05) is 5.92 Å². The van der Waals surface area contributed by atoms with Gasteiger partial charge in [0, 0.05) is 19.1 Å². The van der Waals surface area contributed by atoms with Crippen LogP contribution in [-0.2, 0) is 0 Å². The van der Waals surface area contributed by atoms with Crippen LogP contribution in [0.3, 0.4) is 0 Å². The first-order chi connectivity index (χ1) is 5.57. The van der Waals surface area contributed by atoms with Crippen molar-refractivity contribution >= 4 is 0 Å². The van der Waals surface area contributed by atoms with E-state index in [0.29, 0.717) is 6.04 Å². The van der Waals surface area contributed by atoms with Crippen molar-refractivity contribution in [2.24, 2.45) is 0 Å². The summed E-state index contributed by atoms with van der Waals surface area (Å²) in [7, 11) is 2.12. The van der Waals surface area contributed by atoms with Crippen molar-refractivity contribution in [2.75, 3.05) is 20.1 Å². The second-order valence-corrected chi connectivity index (χ2v) is 3.42. The molecule has 2 nitrogen and oxygen atoms in total. The summed E-state index contributed by atoms with van der Waals surface area (Å²) >= 11 is 0. The van der Waals surface area contributed by atoms with Crippen LogP contribution in [0, 0.1) is 12.3 Å². The normalized spacial score (nSPS) is 13.4. The van der Waals surface area contributed by atoms with Crippen LogP contribution in [0.2, 0.25) is 0 Å². The maximum absolute atomic E-state index is 5.22. The molecule has 0 aliphatic heterocycles. The number of nitrogens with zero attached hydrogens (tertiary/aromatic N) is 1. The predicted octanol–water partition coefficient (Wildman–Crippen LogP) is 0.938. The van der Waals surface area contributed by atoms with Crippen molar-refractivity contribution in [3.05, 3.63) is 0 Å². The molecule has 0 aromatic rings. The second kappa shape index (κ2) is 6.05. The summed E-state index contributed by atoms with van der Waals surface area (Å²) in [6, 6.07) is 0.790. The van der Waals surface area contributed by atoms with Gasteiger partial charge in [0.15, 0.2) is 0 Å². The molecule has 0 aliphatic carbocycles. The van der Waals surface area contributed by atoms with Crippen LogP contribution in [0.4, 0.5) is 0 Å². The van der Waals surface area contributed by atoms with Crippen LogP contribution in [0.15, 0.2) is 0 Å².